The van der Waals surface area contributed by atoms with Gasteiger partial charge >= 0.3 is 0 Å². The SMILES string of the molecule is O=C(C1CCCCC1)N1CCc2onc(COc3cccnc3)c2C1. The van der Waals surface area contributed by atoms with Gasteiger partial charge in [0.25, 0.3) is 0 Å². The highest BCUT2D eigenvalue weighted by Crippen LogP contribution is 2.29. The molecule has 0 aromatic carbocycles. The molecule has 0 saturated heterocycles. The first-order valence-corrected chi connectivity index (χ1v) is 9.09. The lowest BCUT2D eigenvalue weighted by atomic mass is 9.88. The molecule has 0 unspecified atom stereocenters. The standard InChI is InChI=1S/C19H23N3O3/c23-19(14-5-2-1-3-6-14)22-10-8-18-16(12-22)17(21-25-18)13-24-15-7-4-9-20-11-15/h4,7,9,11,14H,1-3,5-6,8,10,12-13H2. The molecular weight excluding hydrogens is 318 g/mol. The molecule has 2 aromatic heterocycles. The minimum atomic E-state index is 0.199. The normalized spacial score (nSPS) is 18.0. The summed E-state index contributed by atoms with van der Waals surface area (Å²) in [6, 6.07) is 3.69. The lowest BCUT2D eigenvalue weighted by Crippen LogP contribution is -2.40. The van der Waals surface area contributed by atoms with Gasteiger partial charge in [0.15, 0.2) is 0 Å². The first-order chi connectivity index (χ1) is 12.3. The van der Waals surface area contributed by atoms with E-state index in [0.717, 1.165) is 42.8 Å². The first kappa shape index (κ1) is 16.1. The van der Waals surface area contributed by atoms with E-state index >= 15 is 0 Å². The molecule has 3 heterocycles. The Labute approximate surface area is 147 Å². The molecule has 1 saturated carbocycles. The number of nitrogens with zero attached hydrogens (tertiary/aromatic N) is 3. The van der Waals surface area contributed by atoms with Gasteiger partial charge in [-0.3, -0.25) is 9.78 Å². The summed E-state index contributed by atoms with van der Waals surface area (Å²) in [6.45, 7) is 1.64. The van der Waals surface area contributed by atoms with Crippen molar-refractivity contribution in [3.05, 3.63) is 41.5 Å². The number of carbonyl (C=O) groups is 1. The van der Waals surface area contributed by atoms with Gasteiger partial charge in [0, 0.05) is 30.6 Å². The summed E-state index contributed by atoms with van der Waals surface area (Å²) in [4.78, 5) is 18.8. The molecule has 6 nitrogen and oxygen atoms in total. The third-order valence-electron chi connectivity index (χ3n) is 5.18. The van der Waals surface area contributed by atoms with E-state index in [1.165, 1.54) is 19.3 Å². The van der Waals surface area contributed by atoms with Crippen LogP contribution in [0.3, 0.4) is 0 Å². The van der Waals surface area contributed by atoms with Crippen molar-refractivity contribution >= 4 is 5.91 Å². The predicted octanol–water partition coefficient (Wildman–Crippen LogP) is 3.11. The van der Waals surface area contributed by atoms with Crippen molar-refractivity contribution in [1.82, 2.24) is 15.0 Å². The van der Waals surface area contributed by atoms with Gasteiger partial charge in [-0.2, -0.15) is 0 Å². The van der Waals surface area contributed by atoms with E-state index in [-0.39, 0.29) is 5.92 Å². The third-order valence-corrected chi connectivity index (χ3v) is 5.18. The molecule has 25 heavy (non-hydrogen) atoms. The number of fused-ring (bicyclic) bond motifs is 1. The van der Waals surface area contributed by atoms with Crippen molar-refractivity contribution < 1.29 is 14.1 Å². The largest absolute Gasteiger partial charge is 0.486 e. The van der Waals surface area contributed by atoms with Gasteiger partial charge in [-0.05, 0) is 25.0 Å². The average Bonchev–Trinajstić information content (AvgIpc) is 3.09. The van der Waals surface area contributed by atoms with E-state index in [9.17, 15) is 4.79 Å². The molecule has 0 radical (unpaired) electrons. The summed E-state index contributed by atoms with van der Waals surface area (Å²) < 4.78 is 11.2. The Balaban J connectivity index is 1.43. The molecule has 0 spiro atoms. The van der Waals surface area contributed by atoms with Gasteiger partial charge in [0.2, 0.25) is 5.91 Å². The van der Waals surface area contributed by atoms with Gasteiger partial charge < -0.3 is 14.2 Å². The van der Waals surface area contributed by atoms with Gasteiger partial charge in [-0.25, -0.2) is 0 Å². The zero-order valence-corrected chi connectivity index (χ0v) is 14.3. The lowest BCUT2D eigenvalue weighted by Gasteiger charge is -2.31. The predicted molar refractivity (Wildman–Crippen MR) is 90.8 cm³/mol. The fraction of sp³-hybridized carbons (Fsp3) is 0.526. The monoisotopic (exact) mass is 341 g/mol. The molecule has 1 amide bonds. The molecule has 6 heteroatoms. The smallest absolute Gasteiger partial charge is 0.225 e. The number of hydrogen-bond donors (Lipinski definition) is 0. The molecule has 0 atom stereocenters. The van der Waals surface area contributed by atoms with Crippen LogP contribution in [0.2, 0.25) is 0 Å². The van der Waals surface area contributed by atoms with Crippen LogP contribution in [0.15, 0.2) is 29.0 Å². The van der Waals surface area contributed by atoms with Gasteiger partial charge in [0.05, 0.1) is 12.7 Å². The fourth-order valence-corrected chi connectivity index (χ4v) is 3.76. The number of hydrogen-bond acceptors (Lipinski definition) is 5. The van der Waals surface area contributed by atoms with Crippen molar-refractivity contribution in [3.63, 3.8) is 0 Å². The van der Waals surface area contributed by atoms with Crippen molar-refractivity contribution in [2.45, 2.75) is 51.7 Å². The lowest BCUT2D eigenvalue weighted by molar-refractivity contribution is -0.137. The fourth-order valence-electron chi connectivity index (χ4n) is 3.76. The Bertz CT molecular complexity index is 723. The van der Waals surface area contributed by atoms with Gasteiger partial charge in [-0.15, -0.1) is 0 Å². The van der Waals surface area contributed by atoms with Gasteiger partial charge in [0.1, 0.15) is 23.8 Å². The molecule has 4 rings (SSSR count). The Kier molecular flexibility index (Phi) is 4.68. The molecule has 0 bridgehead atoms. The van der Waals surface area contributed by atoms with Crippen LogP contribution < -0.4 is 4.74 Å². The van der Waals surface area contributed by atoms with Crippen LogP contribution in [0, 0.1) is 5.92 Å². The zero-order valence-electron chi connectivity index (χ0n) is 14.3. The summed E-state index contributed by atoms with van der Waals surface area (Å²) >= 11 is 0. The van der Waals surface area contributed by atoms with Gasteiger partial charge in [-0.1, -0.05) is 24.4 Å². The van der Waals surface area contributed by atoms with E-state index in [2.05, 4.69) is 10.1 Å². The molecular formula is C19H23N3O3. The molecule has 0 N–H and O–H groups in total. The average molecular weight is 341 g/mol. The molecule has 132 valence electrons. The van der Waals surface area contributed by atoms with E-state index < -0.39 is 0 Å². The highest BCUT2D eigenvalue weighted by atomic mass is 16.5. The minimum absolute atomic E-state index is 0.199. The Hall–Kier alpha value is -2.37. The first-order valence-electron chi connectivity index (χ1n) is 9.09. The summed E-state index contributed by atoms with van der Waals surface area (Å²) in [5, 5.41) is 4.16. The van der Waals surface area contributed by atoms with Crippen molar-refractivity contribution in [2.24, 2.45) is 5.92 Å². The third kappa shape index (κ3) is 3.52. The quantitative estimate of drug-likeness (QED) is 0.855. The molecule has 2 aromatic rings. The second-order valence-corrected chi connectivity index (χ2v) is 6.85. The number of ether oxygens (including phenoxy) is 1. The number of rotatable bonds is 4. The maximum absolute atomic E-state index is 12.8. The van der Waals surface area contributed by atoms with Crippen LogP contribution in [-0.2, 0) is 24.4 Å². The van der Waals surface area contributed by atoms with E-state index in [1.807, 2.05) is 17.0 Å². The summed E-state index contributed by atoms with van der Waals surface area (Å²) in [5.41, 5.74) is 1.79. The second-order valence-electron chi connectivity index (χ2n) is 6.85. The number of pyridine rings is 1. The van der Waals surface area contributed by atoms with Crippen molar-refractivity contribution in [1.29, 1.82) is 0 Å². The van der Waals surface area contributed by atoms with Crippen LogP contribution >= 0.6 is 0 Å². The molecule has 1 fully saturated rings. The highest BCUT2D eigenvalue weighted by molar-refractivity contribution is 5.79. The summed E-state index contributed by atoms with van der Waals surface area (Å²) in [7, 11) is 0. The van der Waals surface area contributed by atoms with Crippen LogP contribution in [0.1, 0.15) is 49.1 Å². The molecule has 2 aliphatic rings. The van der Waals surface area contributed by atoms with Crippen molar-refractivity contribution in [3.8, 4) is 5.75 Å². The Morgan fingerprint density at radius 2 is 2.20 bits per heavy atom. The van der Waals surface area contributed by atoms with E-state index in [4.69, 9.17) is 9.26 Å². The zero-order chi connectivity index (χ0) is 17.1. The van der Waals surface area contributed by atoms with Crippen LogP contribution in [0.4, 0.5) is 0 Å². The summed E-state index contributed by atoms with van der Waals surface area (Å²) in [5.74, 6) is 2.08. The van der Waals surface area contributed by atoms with Crippen molar-refractivity contribution in [2.75, 3.05) is 6.54 Å². The Morgan fingerprint density at radius 3 is 3.00 bits per heavy atom. The second kappa shape index (κ2) is 7.25. The number of aromatic nitrogens is 2. The topological polar surface area (TPSA) is 68.5 Å². The van der Waals surface area contributed by atoms with E-state index in [1.54, 1.807) is 12.4 Å². The number of amides is 1. The molecule has 1 aliphatic heterocycles. The van der Waals surface area contributed by atoms with Crippen LogP contribution in [0.25, 0.3) is 0 Å². The van der Waals surface area contributed by atoms with Crippen LogP contribution in [0.5, 0.6) is 5.75 Å². The maximum Gasteiger partial charge on any atom is 0.225 e. The minimum Gasteiger partial charge on any atom is -0.486 e. The van der Waals surface area contributed by atoms with E-state index in [0.29, 0.717) is 24.8 Å². The Morgan fingerprint density at radius 1 is 1.32 bits per heavy atom. The number of carbonyl (C=O) groups excluding carboxylic acids is 1. The maximum atomic E-state index is 12.8. The van der Waals surface area contributed by atoms with Crippen LogP contribution in [-0.4, -0.2) is 27.5 Å². The molecule has 1 aliphatic carbocycles. The highest BCUT2D eigenvalue weighted by Gasteiger charge is 2.31. The summed E-state index contributed by atoms with van der Waals surface area (Å²) in [6.07, 6.45) is 9.78.